The zero-order valence-corrected chi connectivity index (χ0v) is 20.4. The largest absolute Gasteiger partial charge is 0.369 e. The molecule has 0 aromatic heterocycles. The van der Waals surface area contributed by atoms with Gasteiger partial charge in [0.2, 0.25) is 5.91 Å². The van der Waals surface area contributed by atoms with Gasteiger partial charge in [-0.15, -0.1) is 24.0 Å². The smallest absolute Gasteiger partial charge is 0.244 e. The minimum absolute atomic E-state index is 0. The molecule has 0 aliphatic carbocycles. The highest BCUT2D eigenvalue weighted by molar-refractivity contribution is 14.0. The summed E-state index contributed by atoms with van der Waals surface area (Å²) in [6.07, 6.45) is 1.97. The van der Waals surface area contributed by atoms with Crippen molar-refractivity contribution in [1.29, 1.82) is 0 Å². The van der Waals surface area contributed by atoms with Crippen LogP contribution in [-0.4, -0.2) is 55.5 Å². The Morgan fingerprint density at radius 2 is 1.81 bits per heavy atom. The molecule has 1 saturated heterocycles. The topological polar surface area (TPSA) is 60.0 Å². The molecular weight excluding hydrogens is 501 g/mol. The van der Waals surface area contributed by atoms with E-state index in [1.165, 1.54) is 16.8 Å². The first-order chi connectivity index (χ1) is 14.7. The summed E-state index contributed by atoms with van der Waals surface area (Å²) in [5, 5.41) is 6.80. The van der Waals surface area contributed by atoms with Crippen molar-refractivity contribution < 1.29 is 4.79 Å². The number of amides is 1. The summed E-state index contributed by atoms with van der Waals surface area (Å²) < 4.78 is 0. The maximum Gasteiger partial charge on any atom is 0.244 e. The molecule has 2 aromatic rings. The second-order valence-corrected chi connectivity index (χ2v) is 7.94. The molecule has 2 heterocycles. The third-order valence-electron chi connectivity index (χ3n) is 5.85. The van der Waals surface area contributed by atoms with Crippen LogP contribution in [0.5, 0.6) is 0 Å². The lowest BCUT2D eigenvalue weighted by Crippen LogP contribution is -2.45. The van der Waals surface area contributed by atoms with Gasteiger partial charge >= 0.3 is 0 Å². The minimum Gasteiger partial charge on any atom is -0.369 e. The predicted octanol–water partition coefficient (Wildman–Crippen LogP) is 3.02. The summed E-state index contributed by atoms with van der Waals surface area (Å²) >= 11 is 0. The molecule has 2 N–H and O–H groups in total. The first-order valence-corrected chi connectivity index (χ1v) is 10.9. The summed E-state index contributed by atoms with van der Waals surface area (Å²) in [5.41, 5.74) is 3.85. The van der Waals surface area contributed by atoms with Crippen LogP contribution in [0.25, 0.3) is 0 Å². The average molecular weight is 533 g/mol. The van der Waals surface area contributed by atoms with Crippen molar-refractivity contribution >= 4 is 41.5 Å². The van der Waals surface area contributed by atoms with E-state index < -0.39 is 0 Å². The third kappa shape index (κ3) is 6.12. The van der Waals surface area contributed by atoms with Gasteiger partial charge in [-0.3, -0.25) is 4.79 Å². The number of carbonyl (C=O) groups excluding carboxylic acids is 1. The maximum atomic E-state index is 12.7. The summed E-state index contributed by atoms with van der Waals surface area (Å²) in [7, 11) is 0. The Kier molecular flexibility index (Phi) is 8.57. The molecule has 1 atom stereocenters. The first-order valence-electron chi connectivity index (χ1n) is 10.9. The summed E-state index contributed by atoms with van der Waals surface area (Å²) in [6.45, 7) is 6.40. The van der Waals surface area contributed by atoms with E-state index >= 15 is 0 Å². The van der Waals surface area contributed by atoms with Gasteiger partial charge in [-0.1, -0.05) is 42.5 Å². The van der Waals surface area contributed by atoms with Crippen molar-refractivity contribution in [3.63, 3.8) is 0 Å². The van der Waals surface area contributed by atoms with E-state index in [2.05, 4.69) is 63.0 Å². The van der Waals surface area contributed by atoms with Crippen molar-refractivity contribution in [2.45, 2.75) is 32.4 Å². The van der Waals surface area contributed by atoms with Crippen molar-refractivity contribution in [2.24, 2.45) is 4.99 Å². The summed E-state index contributed by atoms with van der Waals surface area (Å²) in [4.78, 5) is 21.6. The zero-order chi connectivity index (χ0) is 20.8. The van der Waals surface area contributed by atoms with Crippen LogP contribution in [0.15, 0.2) is 59.6 Å². The lowest BCUT2D eigenvalue weighted by Gasteiger charge is -2.28. The van der Waals surface area contributed by atoms with Gasteiger partial charge in [0, 0.05) is 44.5 Å². The maximum absolute atomic E-state index is 12.7. The number of anilines is 1. The number of rotatable bonds is 5. The van der Waals surface area contributed by atoms with E-state index in [9.17, 15) is 4.79 Å². The molecule has 6 nitrogen and oxygen atoms in total. The third-order valence-corrected chi connectivity index (χ3v) is 5.85. The number of benzene rings is 2. The summed E-state index contributed by atoms with van der Waals surface area (Å²) in [5.74, 6) is 0.808. The molecular formula is C24H32IN5O. The second kappa shape index (κ2) is 11.4. The van der Waals surface area contributed by atoms with Crippen LogP contribution in [0, 0.1) is 0 Å². The van der Waals surface area contributed by atoms with Crippen LogP contribution in [0.1, 0.15) is 24.5 Å². The molecule has 2 aromatic carbocycles. The van der Waals surface area contributed by atoms with Gasteiger partial charge in [0.1, 0.15) is 6.54 Å². The number of hydrogen-bond acceptors (Lipinski definition) is 3. The molecule has 0 radical (unpaired) electrons. The minimum atomic E-state index is 0. The monoisotopic (exact) mass is 533 g/mol. The molecule has 1 unspecified atom stereocenters. The van der Waals surface area contributed by atoms with Crippen molar-refractivity contribution in [3.05, 3.63) is 65.7 Å². The molecule has 0 bridgehead atoms. The fourth-order valence-electron chi connectivity index (χ4n) is 4.22. The van der Waals surface area contributed by atoms with Gasteiger partial charge < -0.3 is 20.4 Å². The van der Waals surface area contributed by atoms with Crippen LogP contribution in [0.2, 0.25) is 0 Å². The highest BCUT2D eigenvalue weighted by atomic mass is 127. The number of carbonyl (C=O) groups is 1. The number of halogens is 1. The zero-order valence-electron chi connectivity index (χ0n) is 18.1. The van der Waals surface area contributed by atoms with Gasteiger partial charge in [-0.2, -0.15) is 0 Å². The van der Waals surface area contributed by atoms with Crippen LogP contribution >= 0.6 is 24.0 Å². The molecule has 1 fully saturated rings. The average Bonchev–Trinajstić information content (AvgIpc) is 3.26. The Bertz CT molecular complexity index is 889. The van der Waals surface area contributed by atoms with E-state index in [4.69, 9.17) is 0 Å². The number of para-hydroxylation sites is 1. The lowest BCUT2D eigenvalue weighted by atomic mass is 10.00. The van der Waals surface area contributed by atoms with Gasteiger partial charge in [-0.25, -0.2) is 4.99 Å². The van der Waals surface area contributed by atoms with Crippen LogP contribution in [0.4, 0.5) is 5.69 Å². The number of nitrogens with one attached hydrogen (secondary N) is 2. The normalized spacial score (nSPS) is 18.2. The molecule has 166 valence electrons. The number of aliphatic imine (C=N–C) groups is 1. The molecule has 1 amide bonds. The van der Waals surface area contributed by atoms with E-state index in [1.807, 2.05) is 24.0 Å². The highest BCUT2D eigenvalue weighted by Crippen LogP contribution is 2.20. The van der Waals surface area contributed by atoms with E-state index in [0.717, 1.165) is 45.0 Å². The fourth-order valence-corrected chi connectivity index (χ4v) is 4.22. The molecule has 0 saturated carbocycles. The van der Waals surface area contributed by atoms with E-state index in [0.29, 0.717) is 12.6 Å². The van der Waals surface area contributed by atoms with Crippen LogP contribution < -0.4 is 15.5 Å². The Hall–Kier alpha value is -2.29. The van der Waals surface area contributed by atoms with E-state index in [1.54, 1.807) is 0 Å². The Labute approximate surface area is 202 Å². The second-order valence-electron chi connectivity index (χ2n) is 7.94. The number of nitrogens with zero attached hydrogens (tertiary/aromatic N) is 3. The Morgan fingerprint density at radius 1 is 1.06 bits per heavy atom. The Morgan fingerprint density at radius 3 is 2.58 bits per heavy atom. The number of hydrogen-bond donors (Lipinski definition) is 2. The standard InChI is InChI=1S/C24H31N5O.HI/c1-2-25-24(27-21-13-15-28(18-21)22-10-4-3-5-11-22)26-16-23(30)29-14-12-19-8-6-7-9-20(19)17-29;/h3-11,21H,2,12-18H2,1H3,(H2,25,26,27);1H. The molecule has 7 heteroatoms. The lowest BCUT2D eigenvalue weighted by molar-refractivity contribution is -0.130. The number of fused-ring (bicyclic) bond motifs is 1. The fraction of sp³-hybridized carbons (Fsp3) is 0.417. The highest BCUT2D eigenvalue weighted by Gasteiger charge is 2.24. The molecule has 31 heavy (non-hydrogen) atoms. The van der Waals surface area contributed by atoms with Gasteiger partial charge in [-0.05, 0) is 43.0 Å². The Balaban J connectivity index is 0.00000272. The molecule has 2 aliphatic rings. The first kappa shape index (κ1) is 23.4. The van der Waals surface area contributed by atoms with Crippen LogP contribution in [-0.2, 0) is 17.8 Å². The van der Waals surface area contributed by atoms with E-state index in [-0.39, 0.29) is 36.4 Å². The summed E-state index contributed by atoms with van der Waals surface area (Å²) in [6, 6.07) is 19.2. The number of guanidine groups is 1. The van der Waals surface area contributed by atoms with Crippen molar-refractivity contribution in [3.8, 4) is 0 Å². The van der Waals surface area contributed by atoms with Crippen molar-refractivity contribution in [2.75, 3.05) is 37.6 Å². The van der Waals surface area contributed by atoms with Gasteiger partial charge in [0.15, 0.2) is 5.96 Å². The van der Waals surface area contributed by atoms with Crippen molar-refractivity contribution in [1.82, 2.24) is 15.5 Å². The quantitative estimate of drug-likeness (QED) is 0.353. The molecule has 2 aliphatic heterocycles. The van der Waals surface area contributed by atoms with Crippen LogP contribution in [0.3, 0.4) is 0 Å². The molecule has 4 rings (SSSR count). The van der Waals surface area contributed by atoms with Gasteiger partial charge in [0.05, 0.1) is 0 Å². The SMILES string of the molecule is CCNC(=NCC(=O)N1CCc2ccccc2C1)NC1CCN(c2ccccc2)C1.I. The van der Waals surface area contributed by atoms with Gasteiger partial charge in [0.25, 0.3) is 0 Å². The molecule has 0 spiro atoms. The predicted molar refractivity (Wildman–Crippen MR) is 137 cm³/mol.